The van der Waals surface area contributed by atoms with Crippen molar-refractivity contribution >= 4 is 11.7 Å². The molecule has 0 saturated heterocycles. The molecule has 0 N–H and O–H groups in total. The number of ether oxygens (including phenoxy) is 1. The minimum atomic E-state index is -0.486. The minimum Gasteiger partial charge on any atom is -0.459 e. The lowest BCUT2D eigenvalue weighted by Crippen LogP contribution is -2.25. The maximum atomic E-state index is 12.0. The molecule has 5 nitrogen and oxygen atoms in total. The van der Waals surface area contributed by atoms with Crippen LogP contribution >= 0.6 is 0 Å². The number of esters is 1. The number of nitro benzene ring substituents is 1. The number of nitrogens with zero attached hydrogens (tertiary/aromatic N) is 1. The standard InChI is InChI=1S/C15H19NO4/c1-11(12-5-3-2-4-6-12)20-15(17)13-7-9-14(10-8-13)16(18)19/h7-12H,2-6H2,1H3/t11-/m1/s1. The molecule has 1 atom stereocenters. The molecule has 20 heavy (non-hydrogen) atoms. The van der Waals surface area contributed by atoms with E-state index in [-0.39, 0.29) is 11.8 Å². The van der Waals surface area contributed by atoms with Gasteiger partial charge in [-0.2, -0.15) is 0 Å². The first kappa shape index (κ1) is 14.5. The fourth-order valence-corrected chi connectivity index (χ4v) is 2.66. The largest absolute Gasteiger partial charge is 0.459 e. The number of nitro groups is 1. The third-order valence-electron chi connectivity index (χ3n) is 3.92. The van der Waals surface area contributed by atoms with Crippen molar-refractivity contribution in [3.8, 4) is 0 Å². The molecule has 0 bridgehead atoms. The second kappa shape index (κ2) is 6.50. The van der Waals surface area contributed by atoms with Crippen molar-refractivity contribution in [3.05, 3.63) is 39.9 Å². The number of carbonyl (C=O) groups excluding carboxylic acids is 1. The van der Waals surface area contributed by atoms with E-state index in [0.717, 1.165) is 12.8 Å². The van der Waals surface area contributed by atoms with Gasteiger partial charge in [-0.25, -0.2) is 4.79 Å². The Morgan fingerprint density at radius 1 is 1.25 bits per heavy atom. The van der Waals surface area contributed by atoms with Crippen molar-refractivity contribution in [2.45, 2.75) is 45.1 Å². The highest BCUT2D eigenvalue weighted by atomic mass is 16.6. The van der Waals surface area contributed by atoms with E-state index < -0.39 is 10.9 Å². The van der Waals surface area contributed by atoms with E-state index in [4.69, 9.17) is 4.74 Å². The van der Waals surface area contributed by atoms with Crippen molar-refractivity contribution in [3.63, 3.8) is 0 Å². The summed E-state index contributed by atoms with van der Waals surface area (Å²) in [5.74, 6) is 0.0312. The number of non-ortho nitro benzene ring substituents is 1. The van der Waals surface area contributed by atoms with Gasteiger partial charge in [-0.15, -0.1) is 0 Å². The summed E-state index contributed by atoms with van der Waals surface area (Å²) in [5, 5.41) is 10.6. The molecule has 0 aliphatic heterocycles. The number of hydrogen-bond acceptors (Lipinski definition) is 4. The van der Waals surface area contributed by atoms with Crippen LogP contribution < -0.4 is 0 Å². The predicted octanol–water partition coefficient (Wildman–Crippen LogP) is 3.72. The molecular weight excluding hydrogens is 258 g/mol. The monoisotopic (exact) mass is 277 g/mol. The zero-order valence-electron chi connectivity index (χ0n) is 11.6. The number of hydrogen-bond donors (Lipinski definition) is 0. The summed E-state index contributed by atoms with van der Waals surface area (Å²) < 4.78 is 5.47. The highest BCUT2D eigenvalue weighted by molar-refractivity contribution is 5.89. The Morgan fingerprint density at radius 2 is 1.85 bits per heavy atom. The predicted molar refractivity (Wildman–Crippen MR) is 74.5 cm³/mol. The van der Waals surface area contributed by atoms with E-state index in [1.807, 2.05) is 6.92 Å². The van der Waals surface area contributed by atoms with Crippen LogP contribution in [0.5, 0.6) is 0 Å². The Kier molecular flexibility index (Phi) is 4.71. The van der Waals surface area contributed by atoms with Crippen LogP contribution in [-0.2, 0) is 4.74 Å². The van der Waals surface area contributed by atoms with Crippen LogP contribution in [0.4, 0.5) is 5.69 Å². The zero-order valence-corrected chi connectivity index (χ0v) is 11.6. The van der Waals surface area contributed by atoms with Gasteiger partial charge in [0.25, 0.3) is 5.69 Å². The Labute approximate surface area is 118 Å². The van der Waals surface area contributed by atoms with Crippen LogP contribution in [0.1, 0.15) is 49.4 Å². The zero-order chi connectivity index (χ0) is 14.5. The van der Waals surface area contributed by atoms with Gasteiger partial charge in [-0.3, -0.25) is 10.1 Å². The fraction of sp³-hybridized carbons (Fsp3) is 0.533. The van der Waals surface area contributed by atoms with Crippen molar-refractivity contribution in [1.29, 1.82) is 0 Å². The van der Waals surface area contributed by atoms with Gasteiger partial charge in [-0.05, 0) is 37.8 Å². The third kappa shape index (κ3) is 3.56. The topological polar surface area (TPSA) is 69.4 Å². The van der Waals surface area contributed by atoms with Crippen LogP contribution in [0.25, 0.3) is 0 Å². The molecule has 1 aliphatic carbocycles. The summed E-state index contributed by atoms with van der Waals surface area (Å²) in [6, 6.07) is 5.52. The van der Waals surface area contributed by atoms with Crippen LogP contribution in [-0.4, -0.2) is 17.0 Å². The first-order valence-electron chi connectivity index (χ1n) is 7.03. The molecule has 0 spiro atoms. The van der Waals surface area contributed by atoms with Crippen molar-refractivity contribution in [2.24, 2.45) is 5.92 Å². The van der Waals surface area contributed by atoms with Gasteiger partial charge in [0.05, 0.1) is 10.5 Å². The lowest BCUT2D eigenvalue weighted by molar-refractivity contribution is -0.384. The first-order chi connectivity index (χ1) is 9.58. The molecule has 5 heteroatoms. The molecule has 1 aromatic rings. The first-order valence-corrected chi connectivity index (χ1v) is 7.03. The Morgan fingerprint density at radius 3 is 2.40 bits per heavy atom. The van der Waals surface area contributed by atoms with Gasteiger partial charge < -0.3 is 4.74 Å². The van der Waals surface area contributed by atoms with Crippen LogP contribution in [0.3, 0.4) is 0 Å². The maximum Gasteiger partial charge on any atom is 0.338 e. The smallest absolute Gasteiger partial charge is 0.338 e. The number of carbonyl (C=O) groups is 1. The van der Waals surface area contributed by atoms with Gasteiger partial charge in [0.2, 0.25) is 0 Å². The third-order valence-corrected chi connectivity index (χ3v) is 3.92. The second-order valence-electron chi connectivity index (χ2n) is 5.31. The second-order valence-corrected chi connectivity index (χ2v) is 5.31. The molecule has 0 unspecified atom stereocenters. The molecule has 2 rings (SSSR count). The molecule has 0 aromatic heterocycles. The molecular formula is C15H19NO4. The van der Waals surface area contributed by atoms with E-state index >= 15 is 0 Å². The van der Waals surface area contributed by atoms with E-state index in [0.29, 0.717) is 11.5 Å². The Hall–Kier alpha value is -1.91. The molecule has 1 fully saturated rings. The SMILES string of the molecule is C[C@@H](OC(=O)c1ccc([N+](=O)[O-])cc1)C1CCCCC1. The molecule has 0 heterocycles. The summed E-state index contributed by atoms with van der Waals surface area (Å²) >= 11 is 0. The molecule has 108 valence electrons. The Balaban J connectivity index is 1.95. The van der Waals surface area contributed by atoms with Gasteiger partial charge >= 0.3 is 5.97 Å². The number of rotatable bonds is 4. The molecule has 1 saturated carbocycles. The van der Waals surface area contributed by atoms with E-state index in [9.17, 15) is 14.9 Å². The molecule has 0 amide bonds. The number of benzene rings is 1. The van der Waals surface area contributed by atoms with Crippen LogP contribution in [0.2, 0.25) is 0 Å². The van der Waals surface area contributed by atoms with Crippen LogP contribution in [0, 0.1) is 16.0 Å². The average molecular weight is 277 g/mol. The van der Waals surface area contributed by atoms with Crippen LogP contribution in [0.15, 0.2) is 24.3 Å². The fourth-order valence-electron chi connectivity index (χ4n) is 2.66. The highest BCUT2D eigenvalue weighted by Gasteiger charge is 2.23. The quantitative estimate of drug-likeness (QED) is 0.478. The van der Waals surface area contributed by atoms with Crippen molar-refractivity contribution in [1.82, 2.24) is 0 Å². The van der Waals surface area contributed by atoms with Gasteiger partial charge in [0, 0.05) is 12.1 Å². The lowest BCUT2D eigenvalue weighted by atomic mass is 9.86. The maximum absolute atomic E-state index is 12.0. The average Bonchev–Trinajstić information content (AvgIpc) is 2.48. The van der Waals surface area contributed by atoms with Crippen molar-refractivity contribution in [2.75, 3.05) is 0 Å². The summed E-state index contributed by atoms with van der Waals surface area (Å²) in [4.78, 5) is 22.1. The highest BCUT2D eigenvalue weighted by Crippen LogP contribution is 2.28. The van der Waals surface area contributed by atoms with E-state index in [2.05, 4.69) is 0 Å². The minimum absolute atomic E-state index is 0.0260. The summed E-state index contributed by atoms with van der Waals surface area (Å²) in [6.07, 6.45) is 5.77. The molecule has 1 aromatic carbocycles. The molecule has 1 aliphatic rings. The Bertz CT molecular complexity index is 477. The summed E-state index contributed by atoms with van der Waals surface area (Å²) in [5.41, 5.74) is 0.333. The summed E-state index contributed by atoms with van der Waals surface area (Å²) in [6.45, 7) is 1.93. The van der Waals surface area contributed by atoms with Gasteiger partial charge in [0.1, 0.15) is 6.10 Å². The lowest BCUT2D eigenvalue weighted by Gasteiger charge is -2.27. The van der Waals surface area contributed by atoms with E-state index in [1.165, 1.54) is 43.5 Å². The van der Waals surface area contributed by atoms with Crippen molar-refractivity contribution < 1.29 is 14.5 Å². The van der Waals surface area contributed by atoms with E-state index in [1.54, 1.807) is 0 Å². The van der Waals surface area contributed by atoms with Gasteiger partial charge in [-0.1, -0.05) is 19.3 Å². The summed E-state index contributed by atoms with van der Waals surface area (Å²) in [7, 11) is 0. The molecule has 0 radical (unpaired) electrons. The van der Waals surface area contributed by atoms with Gasteiger partial charge in [0.15, 0.2) is 0 Å². The normalized spacial score (nSPS) is 17.4.